The van der Waals surface area contributed by atoms with Crippen LogP contribution in [0.1, 0.15) is 44.4 Å². The van der Waals surface area contributed by atoms with Gasteiger partial charge in [0.2, 0.25) is 11.8 Å². The lowest BCUT2D eigenvalue weighted by atomic mass is 9.55. The van der Waals surface area contributed by atoms with E-state index in [9.17, 15) is 23.6 Å². The molecule has 0 N–H and O–H groups in total. The molecule has 0 aromatic heterocycles. The predicted octanol–water partition coefficient (Wildman–Crippen LogP) is 3.44. The van der Waals surface area contributed by atoms with E-state index in [2.05, 4.69) is 0 Å². The summed E-state index contributed by atoms with van der Waals surface area (Å²) in [5.41, 5.74) is 4.40. The number of rotatable bonds is 5. The summed E-state index contributed by atoms with van der Waals surface area (Å²) >= 11 is 0. The second-order valence-electron chi connectivity index (χ2n) is 9.12. The maximum atomic E-state index is 13.5. The highest BCUT2D eigenvalue weighted by Crippen LogP contribution is 2.60. The van der Waals surface area contributed by atoms with Gasteiger partial charge in [0.05, 0.1) is 11.8 Å². The van der Waals surface area contributed by atoms with Gasteiger partial charge < -0.3 is 4.74 Å². The average molecular weight is 469 g/mol. The Hall–Kier alpha value is -4.13. The van der Waals surface area contributed by atoms with Crippen molar-refractivity contribution < 1.29 is 28.3 Å². The zero-order chi connectivity index (χ0) is 24.3. The molecule has 0 spiro atoms. The van der Waals surface area contributed by atoms with Gasteiger partial charge in [-0.2, -0.15) is 0 Å². The van der Waals surface area contributed by atoms with Crippen LogP contribution < -0.4 is 0 Å². The number of benzene rings is 3. The van der Waals surface area contributed by atoms with E-state index in [1.807, 2.05) is 48.5 Å². The average Bonchev–Trinajstić information content (AvgIpc) is 3.13. The first kappa shape index (κ1) is 21.4. The van der Waals surface area contributed by atoms with Crippen LogP contribution in [-0.2, 0) is 19.1 Å². The van der Waals surface area contributed by atoms with E-state index in [1.165, 1.54) is 12.1 Å². The molecule has 0 unspecified atom stereocenters. The lowest BCUT2D eigenvalue weighted by Gasteiger charge is -2.45. The third kappa shape index (κ3) is 3.22. The van der Waals surface area contributed by atoms with E-state index >= 15 is 0 Å². The zero-order valence-electron chi connectivity index (χ0n) is 18.5. The molecule has 7 heteroatoms. The van der Waals surface area contributed by atoms with Crippen LogP contribution in [0.5, 0.6) is 0 Å². The lowest BCUT2D eigenvalue weighted by Crippen LogP contribution is -2.41. The Morgan fingerprint density at radius 3 is 1.66 bits per heavy atom. The number of ketones is 1. The van der Waals surface area contributed by atoms with Gasteiger partial charge >= 0.3 is 5.97 Å². The molecule has 4 aliphatic rings. The fraction of sp³-hybridized carbons (Fsp3) is 0.214. The number of carbonyl (C=O) groups is 4. The molecular weight excluding hydrogens is 449 g/mol. The molecule has 7 rings (SSSR count). The lowest BCUT2D eigenvalue weighted by molar-refractivity contribution is -0.152. The number of halogens is 1. The minimum absolute atomic E-state index is 0.200. The number of Topliss-reactive ketones (excluding diaryl/α,β-unsaturated/α-hetero) is 1. The Morgan fingerprint density at radius 1 is 0.743 bits per heavy atom. The van der Waals surface area contributed by atoms with Crippen LogP contribution in [0.25, 0.3) is 0 Å². The first-order valence-electron chi connectivity index (χ1n) is 11.4. The van der Waals surface area contributed by atoms with Gasteiger partial charge in [0.1, 0.15) is 12.4 Å². The van der Waals surface area contributed by atoms with Gasteiger partial charge in [-0.25, -0.2) is 4.39 Å². The van der Waals surface area contributed by atoms with E-state index in [1.54, 1.807) is 0 Å². The van der Waals surface area contributed by atoms with Crippen molar-refractivity contribution >= 4 is 23.6 Å². The molecule has 3 aromatic rings. The van der Waals surface area contributed by atoms with Crippen LogP contribution in [0.3, 0.4) is 0 Å². The third-order valence-electron chi connectivity index (χ3n) is 7.36. The van der Waals surface area contributed by atoms with Gasteiger partial charge in [-0.1, -0.05) is 48.5 Å². The van der Waals surface area contributed by atoms with E-state index < -0.39 is 42.6 Å². The summed E-state index contributed by atoms with van der Waals surface area (Å²) in [6.07, 6.45) is 0. The summed E-state index contributed by atoms with van der Waals surface area (Å²) in [6.45, 7) is -1.11. The van der Waals surface area contributed by atoms with Crippen molar-refractivity contribution in [2.75, 3.05) is 13.2 Å². The Balaban J connectivity index is 1.23. The monoisotopic (exact) mass is 469 g/mol. The van der Waals surface area contributed by atoms with E-state index in [4.69, 9.17) is 4.74 Å². The van der Waals surface area contributed by atoms with E-state index in [0.29, 0.717) is 0 Å². The van der Waals surface area contributed by atoms with Crippen molar-refractivity contribution in [1.82, 2.24) is 4.90 Å². The van der Waals surface area contributed by atoms with Crippen molar-refractivity contribution in [3.8, 4) is 0 Å². The third-order valence-corrected chi connectivity index (χ3v) is 7.36. The van der Waals surface area contributed by atoms with Crippen molar-refractivity contribution in [1.29, 1.82) is 0 Å². The van der Waals surface area contributed by atoms with Crippen LogP contribution in [0.15, 0.2) is 72.8 Å². The highest BCUT2D eigenvalue weighted by molar-refractivity contribution is 6.09. The van der Waals surface area contributed by atoms with Gasteiger partial charge in [-0.05, 0) is 46.5 Å². The second-order valence-corrected chi connectivity index (χ2v) is 9.12. The molecule has 2 amide bonds. The summed E-state index contributed by atoms with van der Waals surface area (Å²) < 4.78 is 18.1. The number of carbonyl (C=O) groups excluding carboxylic acids is 4. The highest BCUT2D eigenvalue weighted by Gasteiger charge is 2.61. The molecule has 2 atom stereocenters. The van der Waals surface area contributed by atoms with Crippen molar-refractivity contribution in [2.45, 2.75) is 11.8 Å². The van der Waals surface area contributed by atoms with Gasteiger partial charge in [-0.3, -0.25) is 24.1 Å². The number of ether oxygens (including phenoxy) is 1. The predicted molar refractivity (Wildman–Crippen MR) is 122 cm³/mol. The summed E-state index contributed by atoms with van der Waals surface area (Å²) in [6, 6.07) is 20.7. The molecule has 6 nitrogen and oxygen atoms in total. The summed E-state index contributed by atoms with van der Waals surface area (Å²) in [5.74, 6) is -4.27. The molecule has 35 heavy (non-hydrogen) atoms. The van der Waals surface area contributed by atoms with Gasteiger partial charge in [0, 0.05) is 17.4 Å². The maximum Gasteiger partial charge on any atom is 0.326 e. The van der Waals surface area contributed by atoms with Gasteiger partial charge in [0.15, 0.2) is 12.4 Å². The minimum atomic E-state index is -0.844. The Morgan fingerprint density at radius 2 is 1.20 bits per heavy atom. The zero-order valence-corrected chi connectivity index (χ0v) is 18.5. The molecule has 3 aliphatic carbocycles. The molecular formula is C28H20FNO5. The molecule has 0 saturated carbocycles. The second kappa shape index (κ2) is 7.98. The standard InChI is InChI=1S/C28H20FNO5/c29-16-11-9-15(10-12-16)21(31)14-35-22(32)13-30-27(33)25-23-17-5-1-2-6-18(17)24(26(25)28(30)34)20-8-4-3-7-19(20)23/h1-12,23-26H,13-14H2/t23?,24?,25-,26-/m0/s1. The quantitative estimate of drug-likeness (QED) is 0.325. The van der Waals surface area contributed by atoms with Crippen LogP contribution in [-0.4, -0.2) is 41.6 Å². The van der Waals surface area contributed by atoms with Crippen LogP contribution >= 0.6 is 0 Å². The molecule has 0 radical (unpaired) electrons. The number of imide groups is 1. The smallest absolute Gasteiger partial charge is 0.326 e. The topological polar surface area (TPSA) is 80.8 Å². The number of nitrogens with zero attached hydrogens (tertiary/aromatic N) is 1. The molecule has 1 saturated heterocycles. The maximum absolute atomic E-state index is 13.5. The molecule has 3 aromatic carbocycles. The first-order valence-corrected chi connectivity index (χ1v) is 11.4. The summed E-state index contributed by atoms with van der Waals surface area (Å²) in [7, 11) is 0. The van der Waals surface area contributed by atoms with Crippen LogP contribution in [0.2, 0.25) is 0 Å². The number of hydrogen-bond acceptors (Lipinski definition) is 5. The van der Waals surface area contributed by atoms with Gasteiger partial charge in [0.25, 0.3) is 0 Å². The molecule has 1 heterocycles. The van der Waals surface area contributed by atoms with Crippen LogP contribution in [0.4, 0.5) is 4.39 Å². The summed E-state index contributed by atoms with van der Waals surface area (Å²) in [4.78, 5) is 52.7. The van der Waals surface area contributed by atoms with E-state index in [-0.39, 0.29) is 29.2 Å². The minimum Gasteiger partial charge on any atom is -0.456 e. The SMILES string of the molecule is O=C(CN1C(=O)[C@H]2C3c4ccccc4C(c4ccccc43)[C@@H]2C1=O)OCC(=O)c1ccc(F)cc1. The molecule has 174 valence electrons. The number of hydrogen-bond donors (Lipinski definition) is 0. The van der Waals surface area contributed by atoms with Crippen molar-refractivity contribution in [3.63, 3.8) is 0 Å². The van der Waals surface area contributed by atoms with Crippen LogP contribution in [0, 0.1) is 17.7 Å². The fourth-order valence-electron chi connectivity index (χ4n) is 5.93. The Labute approximate surface area is 200 Å². The normalized spacial score (nSPS) is 23.5. The highest BCUT2D eigenvalue weighted by atomic mass is 19.1. The fourth-order valence-corrected chi connectivity index (χ4v) is 5.93. The van der Waals surface area contributed by atoms with Crippen molar-refractivity contribution in [2.24, 2.45) is 11.8 Å². The molecule has 1 fully saturated rings. The van der Waals surface area contributed by atoms with Gasteiger partial charge in [-0.15, -0.1) is 0 Å². The van der Waals surface area contributed by atoms with Crippen molar-refractivity contribution in [3.05, 3.63) is 106 Å². The number of likely N-dealkylation sites (tertiary alicyclic amines) is 1. The number of amides is 2. The molecule has 2 bridgehead atoms. The number of esters is 1. The largest absolute Gasteiger partial charge is 0.456 e. The Kier molecular flexibility index (Phi) is 4.88. The first-order chi connectivity index (χ1) is 17.0. The Bertz CT molecular complexity index is 1280. The van der Waals surface area contributed by atoms with E-state index in [0.717, 1.165) is 39.3 Å². The molecule has 1 aliphatic heterocycles. The summed E-state index contributed by atoms with van der Waals surface area (Å²) in [5, 5.41) is 0.